The van der Waals surface area contributed by atoms with Crippen LogP contribution in [0.3, 0.4) is 0 Å². The van der Waals surface area contributed by atoms with E-state index in [2.05, 4.69) is 10.2 Å². The third-order valence-electron chi connectivity index (χ3n) is 6.80. The second-order valence-corrected chi connectivity index (χ2v) is 9.53. The lowest BCUT2D eigenvalue weighted by Crippen LogP contribution is -2.48. The van der Waals surface area contributed by atoms with Crippen LogP contribution in [-0.4, -0.2) is 68.9 Å². The van der Waals surface area contributed by atoms with Crippen molar-refractivity contribution in [3.63, 3.8) is 0 Å². The Morgan fingerprint density at radius 1 is 1.11 bits per heavy atom. The van der Waals surface area contributed by atoms with E-state index < -0.39 is 12.0 Å². The molecule has 5 rings (SSSR count). The molecule has 2 aliphatic heterocycles. The lowest BCUT2D eigenvalue weighted by atomic mass is 10.0. The fourth-order valence-corrected chi connectivity index (χ4v) is 5.06. The molecule has 1 fully saturated rings. The van der Waals surface area contributed by atoms with E-state index in [0.29, 0.717) is 50.4 Å². The number of amides is 1. The first-order valence-electron chi connectivity index (χ1n) is 11.7. The number of H-pyrrole nitrogens is 1. The molecule has 12 heteroatoms. The lowest BCUT2D eigenvalue weighted by Gasteiger charge is -2.33. The Bertz CT molecular complexity index is 1340. The van der Waals surface area contributed by atoms with Gasteiger partial charge in [-0.15, -0.1) is 0 Å². The molecule has 0 aliphatic carbocycles. The second kappa shape index (κ2) is 9.98. The molecule has 1 saturated heterocycles. The standard InChI is InChI=1S/C24H26ClF2N7O2/c1-31-8-9-33(21(35)14-31)13-18-17-12-32(20-10-28-29-24(36)22(20)25)7-6-19(17)34(30-18)11-15-4-2-3-5-16(15)23(26)27/h2-5,10,23H,6-9,11-14H2,1H3,(H,29,36). The molecule has 2 aliphatic rings. The van der Waals surface area contributed by atoms with Crippen LogP contribution < -0.4 is 10.5 Å². The number of hydrogen-bond donors (Lipinski definition) is 1. The summed E-state index contributed by atoms with van der Waals surface area (Å²) in [7, 11) is 1.91. The number of aromatic nitrogens is 4. The molecule has 1 N–H and O–H groups in total. The number of benzene rings is 1. The van der Waals surface area contributed by atoms with E-state index in [4.69, 9.17) is 16.7 Å². The fraction of sp³-hybridized carbons (Fsp3) is 0.417. The summed E-state index contributed by atoms with van der Waals surface area (Å²) in [4.78, 5) is 30.4. The molecule has 0 radical (unpaired) electrons. The van der Waals surface area contributed by atoms with Gasteiger partial charge in [-0.3, -0.25) is 19.2 Å². The van der Waals surface area contributed by atoms with Crippen LogP contribution in [0.5, 0.6) is 0 Å². The van der Waals surface area contributed by atoms with Gasteiger partial charge in [-0.05, 0) is 12.6 Å². The van der Waals surface area contributed by atoms with E-state index in [1.807, 2.05) is 16.8 Å². The molecular weight excluding hydrogens is 492 g/mol. The van der Waals surface area contributed by atoms with Crippen LogP contribution in [0, 0.1) is 0 Å². The first-order valence-corrected chi connectivity index (χ1v) is 12.1. The molecular formula is C24H26ClF2N7O2. The smallest absolute Gasteiger partial charge is 0.285 e. The number of piperazine rings is 1. The molecule has 36 heavy (non-hydrogen) atoms. The van der Waals surface area contributed by atoms with Crippen LogP contribution in [0.15, 0.2) is 35.3 Å². The molecule has 3 aromatic rings. The number of anilines is 1. The summed E-state index contributed by atoms with van der Waals surface area (Å²) in [5.74, 6) is 0.0181. The maximum Gasteiger partial charge on any atom is 0.285 e. The van der Waals surface area contributed by atoms with Crippen LogP contribution in [0.25, 0.3) is 0 Å². The minimum absolute atomic E-state index is 0.0173. The summed E-state index contributed by atoms with van der Waals surface area (Å²) in [5, 5.41) is 11.1. The number of nitrogens with zero attached hydrogens (tertiary/aromatic N) is 6. The van der Waals surface area contributed by atoms with Gasteiger partial charge in [0.15, 0.2) is 0 Å². The first kappa shape index (κ1) is 24.4. The maximum absolute atomic E-state index is 13.6. The van der Waals surface area contributed by atoms with Crippen molar-refractivity contribution in [1.82, 2.24) is 29.8 Å². The molecule has 0 spiro atoms. The van der Waals surface area contributed by atoms with Gasteiger partial charge in [0.25, 0.3) is 12.0 Å². The number of fused-ring (bicyclic) bond motifs is 1. The van der Waals surface area contributed by atoms with Crippen molar-refractivity contribution in [3.8, 4) is 0 Å². The minimum atomic E-state index is -2.59. The van der Waals surface area contributed by atoms with Crippen LogP contribution in [0.1, 0.15) is 34.5 Å². The van der Waals surface area contributed by atoms with E-state index in [9.17, 15) is 18.4 Å². The van der Waals surface area contributed by atoms with Crippen molar-refractivity contribution < 1.29 is 13.6 Å². The summed E-state index contributed by atoms with van der Waals surface area (Å²) < 4.78 is 29.1. The van der Waals surface area contributed by atoms with Crippen LogP contribution in [0.2, 0.25) is 5.02 Å². The number of alkyl halides is 2. The third-order valence-corrected chi connectivity index (χ3v) is 7.16. The molecule has 0 saturated carbocycles. The highest BCUT2D eigenvalue weighted by Gasteiger charge is 2.30. The molecule has 2 aromatic heterocycles. The fourth-order valence-electron chi connectivity index (χ4n) is 4.85. The van der Waals surface area contributed by atoms with E-state index >= 15 is 0 Å². The van der Waals surface area contributed by atoms with Gasteiger partial charge < -0.3 is 9.80 Å². The van der Waals surface area contributed by atoms with E-state index in [1.54, 1.807) is 27.8 Å². The Labute approximate surface area is 211 Å². The van der Waals surface area contributed by atoms with Crippen LogP contribution in [-0.2, 0) is 30.8 Å². The zero-order valence-corrected chi connectivity index (χ0v) is 20.5. The Kier molecular flexibility index (Phi) is 6.76. The Morgan fingerprint density at radius 2 is 1.92 bits per heavy atom. The highest BCUT2D eigenvalue weighted by Crippen LogP contribution is 2.31. The third kappa shape index (κ3) is 4.72. The summed E-state index contributed by atoms with van der Waals surface area (Å²) in [5.41, 5.74) is 3.10. The zero-order valence-electron chi connectivity index (χ0n) is 19.8. The Hall–Kier alpha value is -3.31. The molecule has 0 atom stereocenters. The van der Waals surface area contributed by atoms with Gasteiger partial charge in [0.2, 0.25) is 5.91 Å². The zero-order chi connectivity index (χ0) is 25.4. The molecule has 190 valence electrons. The van der Waals surface area contributed by atoms with Gasteiger partial charge >= 0.3 is 0 Å². The SMILES string of the molecule is CN1CCN(Cc2nn(Cc3ccccc3C(F)F)c3c2CN(c2cn[nH]c(=O)c2Cl)CC3)C(=O)C1. The van der Waals surface area contributed by atoms with Gasteiger partial charge in [-0.25, -0.2) is 13.9 Å². The van der Waals surface area contributed by atoms with Crippen LogP contribution in [0.4, 0.5) is 14.5 Å². The summed E-state index contributed by atoms with van der Waals surface area (Å²) >= 11 is 6.27. The van der Waals surface area contributed by atoms with E-state index in [0.717, 1.165) is 23.5 Å². The van der Waals surface area contributed by atoms with Gasteiger partial charge in [0.05, 0.1) is 37.2 Å². The molecule has 0 unspecified atom stereocenters. The Morgan fingerprint density at radius 3 is 2.69 bits per heavy atom. The highest BCUT2D eigenvalue weighted by atomic mass is 35.5. The quantitative estimate of drug-likeness (QED) is 0.540. The van der Waals surface area contributed by atoms with E-state index in [-0.39, 0.29) is 23.0 Å². The van der Waals surface area contributed by atoms with Gasteiger partial charge in [-0.1, -0.05) is 35.9 Å². The van der Waals surface area contributed by atoms with Gasteiger partial charge in [-0.2, -0.15) is 10.2 Å². The largest absolute Gasteiger partial charge is 0.364 e. The normalized spacial score (nSPS) is 16.6. The van der Waals surface area contributed by atoms with Crippen molar-refractivity contribution in [1.29, 1.82) is 0 Å². The number of nitrogens with one attached hydrogen (secondary N) is 1. The number of carbonyl (C=O) groups is 1. The summed E-state index contributed by atoms with van der Waals surface area (Å²) in [6, 6.07) is 6.47. The van der Waals surface area contributed by atoms with Crippen molar-refractivity contribution in [3.05, 3.63) is 73.9 Å². The Balaban J connectivity index is 1.51. The number of likely N-dealkylation sites (N-methyl/N-ethyl adjacent to an activating group) is 1. The van der Waals surface area contributed by atoms with E-state index in [1.165, 1.54) is 12.3 Å². The van der Waals surface area contributed by atoms with Crippen molar-refractivity contribution in [2.75, 3.05) is 38.1 Å². The topological polar surface area (TPSA) is 90.4 Å². The number of hydrogen-bond acceptors (Lipinski definition) is 6. The number of carbonyl (C=O) groups excluding carboxylic acids is 1. The number of rotatable bonds is 6. The summed E-state index contributed by atoms with van der Waals surface area (Å²) in [6.07, 6.45) is -0.503. The maximum atomic E-state index is 13.6. The predicted molar refractivity (Wildman–Crippen MR) is 130 cm³/mol. The summed E-state index contributed by atoms with van der Waals surface area (Å²) in [6.45, 7) is 3.17. The van der Waals surface area contributed by atoms with Gasteiger partial charge in [0, 0.05) is 49.4 Å². The van der Waals surface area contributed by atoms with Crippen molar-refractivity contribution in [2.45, 2.75) is 32.5 Å². The minimum Gasteiger partial charge on any atom is -0.364 e. The first-order chi connectivity index (χ1) is 17.3. The van der Waals surface area contributed by atoms with Crippen molar-refractivity contribution >= 4 is 23.2 Å². The average molecular weight is 518 g/mol. The molecule has 4 heterocycles. The molecule has 1 aromatic carbocycles. The number of halogens is 3. The molecule has 9 nitrogen and oxygen atoms in total. The predicted octanol–water partition coefficient (Wildman–Crippen LogP) is 2.44. The average Bonchev–Trinajstić information content (AvgIpc) is 3.19. The second-order valence-electron chi connectivity index (χ2n) is 9.15. The van der Waals surface area contributed by atoms with Crippen LogP contribution >= 0.6 is 11.6 Å². The molecule has 0 bridgehead atoms. The van der Waals surface area contributed by atoms with Crippen molar-refractivity contribution in [2.24, 2.45) is 0 Å². The van der Waals surface area contributed by atoms with Gasteiger partial charge in [0.1, 0.15) is 5.02 Å². The molecule has 1 amide bonds. The monoisotopic (exact) mass is 517 g/mol. The lowest BCUT2D eigenvalue weighted by molar-refractivity contribution is -0.136. The number of aromatic amines is 1. The highest BCUT2D eigenvalue weighted by molar-refractivity contribution is 6.33.